The summed E-state index contributed by atoms with van der Waals surface area (Å²) in [5.74, 6) is -1.90. The van der Waals surface area contributed by atoms with E-state index in [1.165, 1.54) is 46.9 Å². The van der Waals surface area contributed by atoms with Crippen molar-refractivity contribution >= 4 is 45.4 Å². The molecule has 3 aromatic carbocycles. The molecular formula is C28H14F6N2O2S3. The van der Waals surface area contributed by atoms with E-state index in [0.29, 0.717) is 20.8 Å². The number of halogens is 6. The first-order chi connectivity index (χ1) is 19.8. The van der Waals surface area contributed by atoms with Gasteiger partial charge in [-0.15, -0.1) is 22.7 Å². The van der Waals surface area contributed by atoms with Crippen molar-refractivity contribution in [2.45, 2.75) is 13.2 Å². The van der Waals surface area contributed by atoms with Crippen LogP contribution in [-0.2, 0) is 0 Å². The summed E-state index contributed by atoms with van der Waals surface area (Å²) in [5, 5.41) is 0. The van der Waals surface area contributed by atoms with Crippen LogP contribution in [0.15, 0.2) is 72.8 Å². The lowest BCUT2D eigenvalue weighted by Crippen LogP contribution is -2.02. The van der Waals surface area contributed by atoms with Gasteiger partial charge in [-0.1, -0.05) is 12.1 Å². The number of ether oxygens (including phenoxy) is 2. The number of benzene rings is 3. The van der Waals surface area contributed by atoms with E-state index in [9.17, 15) is 26.3 Å². The molecule has 13 heteroatoms. The van der Waals surface area contributed by atoms with Gasteiger partial charge in [0.1, 0.15) is 34.2 Å². The fraction of sp³-hybridized carbons (Fsp3) is 0.0714. The van der Waals surface area contributed by atoms with Crippen LogP contribution in [0.5, 0.6) is 11.5 Å². The van der Waals surface area contributed by atoms with Gasteiger partial charge in [0.2, 0.25) is 0 Å². The predicted octanol–water partition coefficient (Wildman–Crippen LogP) is 9.96. The molecule has 0 bridgehead atoms. The maximum atomic E-state index is 14.7. The van der Waals surface area contributed by atoms with Gasteiger partial charge in [0.25, 0.3) is 0 Å². The Balaban J connectivity index is 1.30. The molecule has 0 atom stereocenters. The molecule has 208 valence electrons. The molecule has 6 aromatic rings. The minimum atomic E-state index is -3.05. The number of hydrogen-bond acceptors (Lipinski definition) is 7. The van der Waals surface area contributed by atoms with Gasteiger partial charge >= 0.3 is 13.2 Å². The van der Waals surface area contributed by atoms with Crippen LogP contribution >= 0.6 is 34.4 Å². The Labute approximate surface area is 240 Å². The summed E-state index contributed by atoms with van der Waals surface area (Å²) in [7, 11) is 0. The Bertz CT molecular complexity index is 1740. The first-order valence-corrected chi connectivity index (χ1v) is 14.1. The van der Waals surface area contributed by atoms with E-state index in [1.807, 2.05) is 24.3 Å². The smallest absolute Gasteiger partial charge is 0.387 e. The Kier molecular flexibility index (Phi) is 7.41. The molecule has 0 amide bonds. The zero-order valence-electron chi connectivity index (χ0n) is 20.3. The van der Waals surface area contributed by atoms with Gasteiger partial charge in [-0.05, 0) is 48.5 Å². The highest BCUT2D eigenvalue weighted by Gasteiger charge is 2.19. The maximum Gasteiger partial charge on any atom is 0.387 e. The standard InChI is InChI=1S/C28H14F6N2O2S3/c29-19-11-13(37-27(31)32)1-3-15(19)21-7-9-23(39-21)17-5-6-18(26-25(17)35-41-36-26)24-10-8-22(40-24)16-4-2-14(12-20(16)30)38-28(33)34/h1-12,27-28H. The SMILES string of the molecule is Fc1cc(OC(F)F)ccc1-c1ccc(-c2ccc(-c3ccc(-c4ccc(OC(F)F)cc4F)s3)c3nsnc23)s1. The lowest BCUT2D eigenvalue weighted by atomic mass is 10.1. The summed E-state index contributed by atoms with van der Waals surface area (Å²) >= 11 is 3.66. The fourth-order valence-electron chi connectivity index (χ4n) is 4.26. The minimum absolute atomic E-state index is 0.249. The lowest BCUT2D eigenvalue weighted by molar-refractivity contribution is -0.0506. The Hall–Kier alpha value is -3.94. The molecule has 0 saturated heterocycles. The van der Waals surface area contributed by atoms with Gasteiger partial charge < -0.3 is 9.47 Å². The van der Waals surface area contributed by atoms with E-state index in [1.54, 1.807) is 12.1 Å². The molecule has 0 spiro atoms. The summed E-state index contributed by atoms with van der Waals surface area (Å²) in [5.41, 5.74) is 3.33. The van der Waals surface area contributed by atoms with E-state index in [0.717, 1.165) is 44.7 Å². The van der Waals surface area contributed by atoms with Crippen molar-refractivity contribution in [3.05, 3.63) is 84.4 Å². The normalized spacial score (nSPS) is 11.6. The first-order valence-electron chi connectivity index (χ1n) is 11.7. The number of alkyl halides is 4. The average molecular weight is 621 g/mol. The third-order valence-corrected chi connectivity index (χ3v) is 8.85. The zero-order valence-corrected chi connectivity index (χ0v) is 22.7. The van der Waals surface area contributed by atoms with Crippen molar-refractivity contribution in [1.29, 1.82) is 0 Å². The number of hydrogen-bond donors (Lipinski definition) is 0. The molecule has 0 unspecified atom stereocenters. The number of aromatic nitrogens is 2. The monoisotopic (exact) mass is 620 g/mol. The summed E-state index contributed by atoms with van der Waals surface area (Å²) in [6.07, 6.45) is 0. The molecule has 0 aliphatic carbocycles. The molecule has 3 aromatic heterocycles. The van der Waals surface area contributed by atoms with E-state index in [2.05, 4.69) is 18.2 Å². The van der Waals surface area contributed by atoms with E-state index >= 15 is 0 Å². The number of thiophene rings is 2. The summed E-state index contributed by atoms with van der Waals surface area (Å²) in [6.45, 7) is -6.09. The Morgan fingerprint density at radius 2 is 0.878 bits per heavy atom. The number of nitrogens with zero attached hydrogens (tertiary/aromatic N) is 2. The van der Waals surface area contributed by atoms with Crippen molar-refractivity contribution in [1.82, 2.24) is 8.75 Å². The average Bonchev–Trinajstić information content (AvgIpc) is 3.69. The molecule has 4 nitrogen and oxygen atoms in total. The van der Waals surface area contributed by atoms with Crippen LogP contribution in [0.3, 0.4) is 0 Å². The van der Waals surface area contributed by atoms with E-state index in [4.69, 9.17) is 0 Å². The first kappa shape index (κ1) is 27.2. The predicted molar refractivity (Wildman–Crippen MR) is 148 cm³/mol. The third-order valence-electron chi connectivity index (χ3n) is 6.02. The number of rotatable bonds is 8. The van der Waals surface area contributed by atoms with Gasteiger partial charge in [0.15, 0.2) is 0 Å². The number of fused-ring (bicyclic) bond motifs is 1. The van der Waals surface area contributed by atoms with Gasteiger partial charge in [0.05, 0.1) is 11.7 Å². The Morgan fingerprint density at radius 1 is 0.512 bits per heavy atom. The van der Waals surface area contributed by atoms with Crippen molar-refractivity contribution < 1.29 is 35.8 Å². The topological polar surface area (TPSA) is 44.2 Å². The minimum Gasteiger partial charge on any atom is -0.435 e. The molecule has 0 radical (unpaired) electrons. The van der Waals surface area contributed by atoms with E-state index < -0.39 is 24.9 Å². The quantitative estimate of drug-likeness (QED) is 0.159. The lowest BCUT2D eigenvalue weighted by Gasteiger charge is -2.07. The second-order valence-electron chi connectivity index (χ2n) is 8.49. The van der Waals surface area contributed by atoms with Crippen LogP contribution in [0.1, 0.15) is 0 Å². The second kappa shape index (κ2) is 11.1. The van der Waals surface area contributed by atoms with Crippen LogP contribution in [0, 0.1) is 11.6 Å². The van der Waals surface area contributed by atoms with Gasteiger partial charge in [0, 0.05) is 53.9 Å². The van der Waals surface area contributed by atoms with Crippen molar-refractivity contribution in [3.8, 4) is 53.3 Å². The van der Waals surface area contributed by atoms with Gasteiger partial charge in [-0.2, -0.15) is 26.3 Å². The van der Waals surface area contributed by atoms with Crippen molar-refractivity contribution in [2.24, 2.45) is 0 Å². The molecule has 0 N–H and O–H groups in total. The molecule has 41 heavy (non-hydrogen) atoms. The van der Waals surface area contributed by atoms with Crippen molar-refractivity contribution in [2.75, 3.05) is 0 Å². The highest BCUT2D eigenvalue weighted by atomic mass is 32.1. The van der Waals surface area contributed by atoms with Crippen LogP contribution in [0.2, 0.25) is 0 Å². The third kappa shape index (κ3) is 5.52. The van der Waals surface area contributed by atoms with Gasteiger partial charge in [-0.25, -0.2) is 8.78 Å². The maximum absolute atomic E-state index is 14.7. The summed E-state index contributed by atoms with van der Waals surface area (Å²) < 4.78 is 96.6. The van der Waals surface area contributed by atoms with Crippen LogP contribution in [0.25, 0.3) is 52.8 Å². The molecule has 0 aliphatic rings. The second-order valence-corrected chi connectivity index (χ2v) is 11.2. The molecular weight excluding hydrogens is 607 g/mol. The summed E-state index contributed by atoms with van der Waals surface area (Å²) in [6, 6.07) is 18.1. The van der Waals surface area contributed by atoms with E-state index in [-0.39, 0.29) is 22.6 Å². The highest BCUT2D eigenvalue weighted by molar-refractivity contribution is 7.19. The molecule has 0 fully saturated rings. The molecule has 3 heterocycles. The highest BCUT2D eigenvalue weighted by Crippen LogP contribution is 2.43. The largest absolute Gasteiger partial charge is 0.435 e. The van der Waals surface area contributed by atoms with Crippen LogP contribution in [-0.4, -0.2) is 22.0 Å². The summed E-state index contributed by atoms with van der Waals surface area (Å²) in [4.78, 5) is 2.79. The van der Waals surface area contributed by atoms with Crippen LogP contribution in [0.4, 0.5) is 26.3 Å². The van der Waals surface area contributed by atoms with Crippen LogP contribution < -0.4 is 9.47 Å². The zero-order chi connectivity index (χ0) is 28.7. The molecule has 6 rings (SSSR count). The molecule has 0 saturated carbocycles. The Morgan fingerprint density at radius 3 is 1.24 bits per heavy atom. The molecule has 0 aliphatic heterocycles. The fourth-order valence-corrected chi connectivity index (χ4v) is 6.95. The van der Waals surface area contributed by atoms with Gasteiger partial charge in [-0.3, -0.25) is 0 Å². The van der Waals surface area contributed by atoms with Crippen molar-refractivity contribution in [3.63, 3.8) is 0 Å².